The fraction of sp³-hybridized carbons (Fsp3) is 0. The zero-order chi connectivity index (χ0) is 45.9. The van der Waals surface area contributed by atoms with E-state index in [0.29, 0.717) is 17.8 Å². The van der Waals surface area contributed by atoms with Crippen molar-refractivity contribution in [2.75, 3.05) is 0 Å². The molecule has 8 heteroatoms. The number of fused-ring (bicyclic) bond motifs is 14. The van der Waals surface area contributed by atoms with E-state index in [1.165, 1.54) is 10.8 Å². The highest BCUT2D eigenvalue weighted by atomic mass is 15.3. The SMILES string of the molecule is c1ccc(-c2cc[n+](-c3nc(-n4c5ccccc5c5ccc6c7ccccc7n(-c7ccccc7)c6c54)nc(-n4c5ccccc5c5ccc6c7ccccc7n(-c7ccccc7)c6c54)n3)cc2)cc1. The second kappa shape index (κ2) is 14.9. The molecular formula is C62H39N8+. The van der Waals surface area contributed by atoms with E-state index >= 15 is 0 Å². The van der Waals surface area contributed by atoms with Crippen molar-refractivity contribution in [1.82, 2.24) is 33.2 Å². The van der Waals surface area contributed by atoms with E-state index in [-0.39, 0.29) is 0 Å². The summed E-state index contributed by atoms with van der Waals surface area (Å²) in [4.78, 5) is 16.7. The second-order valence-corrected chi connectivity index (χ2v) is 17.9. The van der Waals surface area contributed by atoms with Crippen molar-refractivity contribution in [3.05, 3.63) is 237 Å². The molecule has 0 unspecified atom stereocenters. The van der Waals surface area contributed by atoms with E-state index in [4.69, 9.17) is 15.0 Å². The third kappa shape index (κ3) is 5.52. The lowest BCUT2D eigenvalue weighted by molar-refractivity contribution is -0.603. The van der Waals surface area contributed by atoms with Crippen LogP contribution in [0.1, 0.15) is 0 Å². The van der Waals surface area contributed by atoms with Crippen molar-refractivity contribution < 1.29 is 4.57 Å². The molecule has 6 aromatic heterocycles. The minimum Gasteiger partial charge on any atom is -0.307 e. The second-order valence-electron chi connectivity index (χ2n) is 17.9. The highest BCUT2D eigenvalue weighted by Crippen LogP contribution is 2.43. The number of pyridine rings is 1. The number of aromatic nitrogens is 8. The molecule has 8 nitrogen and oxygen atoms in total. The van der Waals surface area contributed by atoms with Crippen LogP contribution in [-0.4, -0.2) is 33.2 Å². The molecule has 70 heavy (non-hydrogen) atoms. The monoisotopic (exact) mass is 895 g/mol. The number of hydrogen-bond acceptors (Lipinski definition) is 3. The van der Waals surface area contributed by atoms with Crippen molar-refractivity contribution >= 4 is 87.2 Å². The van der Waals surface area contributed by atoms with E-state index in [2.05, 4.69) is 249 Å². The average molecular weight is 896 g/mol. The minimum absolute atomic E-state index is 0.489. The van der Waals surface area contributed by atoms with Crippen LogP contribution in [0.5, 0.6) is 0 Å². The van der Waals surface area contributed by atoms with E-state index < -0.39 is 0 Å². The summed E-state index contributed by atoms with van der Waals surface area (Å²) in [6, 6.07) is 79.7. The number of para-hydroxylation sites is 6. The first-order valence-electron chi connectivity index (χ1n) is 23.6. The molecule has 0 N–H and O–H groups in total. The van der Waals surface area contributed by atoms with Crippen LogP contribution in [0.15, 0.2) is 237 Å². The first-order chi connectivity index (χ1) is 34.8. The molecule has 0 amide bonds. The number of rotatable bonds is 6. The van der Waals surface area contributed by atoms with Gasteiger partial charge in [0.25, 0.3) is 0 Å². The number of benzene rings is 9. The Morgan fingerprint density at radius 2 is 0.571 bits per heavy atom. The van der Waals surface area contributed by atoms with Gasteiger partial charge in [0.05, 0.1) is 56.5 Å². The van der Waals surface area contributed by atoms with Gasteiger partial charge in [-0.05, 0) is 81.8 Å². The Hall–Kier alpha value is -9.66. The summed E-state index contributed by atoms with van der Waals surface area (Å²) in [5, 5.41) is 9.08. The highest BCUT2D eigenvalue weighted by Gasteiger charge is 2.29. The average Bonchev–Trinajstić information content (AvgIpc) is 4.17. The highest BCUT2D eigenvalue weighted by molar-refractivity contribution is 6.25. The molecule has 0 bridgehead atoms. The maximum absolute atomic E-state index is 5.71. The van der Waals surface area contributed by atoms with Gasteiger partial charge in [0.2, 0.25) is 0 Å². The van der Waals surface area contributed by atoms with Crippen LogP contribution < -0.4 is 4.57 Å². The summed E-state index contributed by atoms with van der Waals surface area (Å²) in [5.74, 6) is 1.50. The van der Waals surface area contributed by atoms with Gasteiger partial charge in [0, 0.05) is 54.5 Å². The van der Waals surface area contributed by atoms with Crippen molar-refractivity contribution in [2.24, 2.45) is 0 Å². The molecular weight excluding hydrogens is 857 g/mol. The Morgan fingerprint density at radius 1 is 0.257 bits per heavy atom. The predicted octanol–water partition coefficient (Wildman–Crippen LogP) is 14.2. The lowest BCUT2D eigenvalue weighted by Crippen LogP contribution is -2.33. The minimum atomic E-state index is 0.489. The Morgan fingerprint density at radius 3 is 0.971 bits per heavy atom. The molecule has 0 radical (unpaired) electrons. The van der Waals surface area contributed by atoms with Crippen LogP contribution in [0.25, 0.3) is 128 Å². The van der Waals surface area contributed by atoms with Gasteiger partial charge in [0.15, 0.2) is 0 Å². The fourth-order valence-electron chi connectivity index (χ4n) is 11.1. The van der Waals surface area contributed by atoms with E-state index in [9.17, 15) is 0 Å². The zero-order valence-electron chi connectivity index (χ0n) is 37.6. The Bertz CT molecular complexity index is 4310. The van der Waals surface area contributed by atoms with Crippen molar-refractivity contribution in [2.45, 2.75) is 0 Å². The molecule has 0 saturated carbocycles. The maximum atomic E-state index is 5.71. The number of nitrogens with zero attached hydrogens (tertiary/aromatic N) is 8. The largest absolute Gasteiger partial charge is 0.444 e. The van der Waals surface area contributed by atoms with Crippen LogP contribution in [0.4, 0.5) is 0 Å². The molecule has 0 aliphatic heterocycles. The molecule has 0 aliphatic carbocycles. The molecule has 0 spiro atoms. The van der Waals surface area contributed by atoms with Crippen LogP contribution in [0.2, 0.25) is 0 Å². The summed E-state index contributed by atoms with van der Waals surface area (Å²) >= 11 is 0. The summed E-state index contributed by atoms with van der Waals surface area (Å²) in [6.07, 6.45) is 4.11. The molecule has 6 heterocycles. The van der Waals surface area contributed by atoms with Gasteiger partial charge in [0.1, 0.15) is 0 Å². The third-order valence-electron chi connectivity index (χ3n) is 14.1. The molecule has 15 aromatic rings. The fourth-order valence-corrected chi connectivity index (χ4v) is 11.1. The summed E-state index contributed by atoms with van der Waals surface area (Å²) in [5.41, 5.74) is 12.8. The molecule has 15 rings (SSSR count). The Balaban J connectivity index is 1.11. The maximum Gasteiger partial charge on any atom is 0.444 e. The van der Waals surface area contributed by atoms with E-state index in [0.717, 1.165) is 99.0 Å². The molecule has 0 aliphatic rings. The van der Waals surface area contributed by atoms with Crippen LogP contribution >= 0.6 is 0 Å². The lowest BCUT2D eigenvalue weighted by atomic mass is 10.1. The van der Waals surface area contributed by atoms with Gasteiger partial charge >= 0.3 is 17.8 Å². The Labute approximate surface area is 400 Å². The van der Waals surface area contributed by atoms with Gasteiger partial charge in [-0.1, -0.05) is 164 Å². The van der Waals surface area contributed by atoms with Gasteiger partial charge in [-0.2, -0.15) is 0 Å². The first kappa shape index (κ1) is 38.4. The standard InChI is InChI=1S/C62H39N8/c1-4-18-40(19-5-1)41-36-38-66(39-37-41)60-63-61(69-54-30-16-12-26-46(54)50-34-32-48-44-24-10-14-28-52(44)67(56(48)58(50)69)42-20-6-2-7-21-42)65-62(64-60)70-55-31-17-13-27-47(55)51-35-33-49-45-25-11-15-29-53(45)68(57(49)59(51)70)43-22-8-3-9-23-43/h1-39H/q+1. The van der Waals surface area contributed by atoms with Gasteiger partial charge < -0.3 is 9.13 Å². The van der Waals surface area contributed by atoms with Crippen LogP contribution in [0, 0.1) is 0 Å². The van der Waals surface area contributed by atoms with Crippen LogP contribution in [0.3, 0.4) is 0 Å². The molecule has 9 aromatic carbocycles. The topological polar surface area (TPSA) is 62.3 Å². The summed E-state index contributed by atoms with van der Waals surface area (Å²) < 4.78 is 11.3. The van der Waals surface area contributed by atoms with Crippen molar-refractivity contribution in [3.63, 3.8) is 0 Å². The molecule has 326 valence electrons. The summed E-state index contributed by atoms with van der Waals surface area (Å²) in [6.45, 7) is 0. The molecule has 0 saturated heterocycles. The molecule has 0 fully saturated rings. The predicted molar refractivity (Wildman–Crippen MR) is 284 cm³/mol. The number of hydrogen-bond donors (Lipinski definition) is 0. The van der Waals surface area contributed by atoms with E-state index in [1.54, 1.807) is 0 Å². The third-order valence-corrected chi connectivity index (χ3v) is 14.1. The Kier molecular flexibility index (Phi) is 8.20. The van der Waals surface area contributed by atoms with Gasteiger partial charge in [-0.3, -0.25) is 9.13 Å². The normalized spacial score (nSPS) is 12.0. The van der Waals surface area contributed by atoms with E-state index in [1.807, 2.05) is 10.6 Å². The first-order valence-corrected chi connectivity index (χ1v) is 23.6. The van der Waals surface area contributed by atoms with Crippen molar-refractivity contribution in [3.8, 4) is 40.3 Å². The quantitative estimate of drug-likeness (QED) is 0.156. The van der Waals surface area contributed by atoms with Crippen LogP contribution in [-0.2, 0) is 0 Å². The summed E-state index contributed by atoms with van der Waals surface area (Å²) in [7, 11) is 0. The van der Waals surface area contributed by atoms with Gasteiger partial charge in [-0.15, -0.1) is 4.98 Å². The lowest BCUT2D eigenvalue weighted by Gasteiger charge is -2.12. The van der Waals surface area contributed by atoms with Gasteiger partial charge in [-0.25, -0.2) is 4.57 Å². The zero-order valence-corrected chi connectivity index (χ0v) is 37.6. The smallest absolute Gasteiger partial charge is 0.307 e. The molecule has 0 atom stereocenters. The van der Waals surface area contributed by atoms with Crippen molar-refractivity contribution in [1.29, 1.82) is 0 Å².